The third-order valence-corrected chi connectivity index (χ3v) is 7.82. The van der Waals surface area contributed by atoms with Crippen LogP contribution in [-0.4, -0.2) is 21.5 Å². The first-order valence-electron chi connectivity index (χ1n) is 9.48. The van der Waals surface area contributed by atoms with Crippen LogP contribution < -0.4 is 0 Å². The molecule has 2 atom stereocenters. The number of hydrogen-bond donors (Lipinski definition) is 0. The second-order valence-corrected chi connectivity index (χ2v) is 9.02. The molecule has 0 amide bonds. The fourth-order valence-electron chi connectivity index (χ4n) is 3.53. The van der Waals surface area contributed by atoms with Gasteiger partial charge in [0.1, 0.15) is 5.71 Å². The van der Waals surface area contributed by atoms with Crippen LogP contribution in [0.1, 0.15) is 42.3 Å². The maximum Gasteiger partial charge on any atom is 0.366 e. The van der Waals surface area contributed by atoms with Crippen molar-refractivity contribution in [3.05, 3.63) is 115 Å². The molecule has 11 heteroatoms. The summed E-state index contributed by atoms with van der Waals surface area (Å²) in [6.45, 7) is 0. The quantitative estimate of drug-likeness (QED) is 0.163. The number of rotatable bonds is 4. The summed E-state index contributed by atoms with van der Waals surface area (Å²) >= 11 is 7.44. The first kappa shape index (κ1) is 22.7. The molecule has 1 aliphatic rings. The molecule has 3 aromatic rings. The summed E-state index contributed by atoms with van der Waals surface area (Å²) in [6, 6.07) is 17.6. The van der Waals surface area contributed by atoms with Gasteiger partial charge in [0, 0.05) is 23.3 Å². The van der Waals surface area contributed by atoms with Crippen LogP contribution in [0, 0.1) is 20.2 Å². The van der Waals surface area contributed by atoms with E-state index in [1.807, 2.05) is 48.5 Å². The number of carbonyl (C=O) groups is 1. The van der Waals surface area contributed by atoms with Crippen LogP contribution in [0.2, 0.25) is 0 Å². The van der Waals surface area contributed by atoms with Crippen molar-refractivity contribution in [3.63, 3.8) is 0 Å². The van der Waals surface area contributed by atoms with Crippen molar-refractivity contribution in [1.29, 1.82) is 0 Å². The highest BCUT2D eigenvalue weighted by Crippen LogP contribution is 2.47. The predicted octanol–water partition coefficient (Wildman–Crippen LogP) is 6.00. The molecule has 1 aliphatic carbocycles. The summed E-state index contributed by atoms with van der Waals surface area (Å²) in [4.78, 5) is 38.2. The molecule has 0 fully saturated rings. The Labute approximate surface area is 203 Å². The highest BCUT2D eigenvalue weighted by Gasteiger charge is 2.31. The molecule has 0 saturated carbocycles. The minimum absolute atomic E-state index is 0.0994. The zero-order chi connectivity index (χ0) is 23.7. The summed E-state index contributed by atoms with van der Waals surface area (Å²) in [5.41, 5.74) is 2.12. The monoisotopic (exact) mass is 573 g/mol. The molecule has 0 radical (unpaired) electrons. The molecule has 0 saturated heterocycles. The molecule has 0 N–H and O–H groups in total. The van der Waals surface area contributed by atoms with Crippen molar-refractivity contribution in [1.82, 2.24) is 0 Å². The summed E-state index contributed by atoms with van der Waals surface area (Å²) in [6.07, 6.45) is 0. The summed E-state index contributed by atoms with van der Waals surface area (Å²) in [5.74, 6) is -1.06. The van der Waals surface area contributed by atoms with Crippen molar-refractivity contribution in [2.75, 3.05) is 0 Å². The van der Waals surface area contributed by atoms with Crippen LogP contribution in [0.5, 0.6) is 0 Å². The number of hydrogen-bond acceptors (Lipinski definition) is 7. The maximum atomic E-state index is 12.7. The number of nitrogens with zero attached hydrogens (tertiary/aromatic N) is 3. The smallest absolute Gasteiger partial charge is 0.312 e. The predicted molar refractivity (Wildman–Crippen MR) is 127 cm³/mol. The molecular weight excluding hydrogens is 562 g/mol. The van der Waals surface area contributed by atoms with Gasteiger partial charge in [-0.1, -0.05) is 85.5 Å². The van der Waals surface area contributed by atoms with Gasteiger partial charge in [0.15, 0.2) is 0 Å². The van der Waals surface area contributed by atoms with E-state index in [1.165, 1.54) is 0 Å². The van der Waals surface area contributed by atoms with E-state index in [2.05, 4.69) is 37.0 Å². The normalized spacial score (nSPS) is 16.7. The molecule has 0 aromatic heterocycles. The third kappa shape index (κ3) is 4.41. The van der Waals surface area contributed by atoms with Crippen LogP contribution in [0.3, 0.4) is 0 Å². The highest BCUT2D eigenvalue weighted by atomic mass is 79.9. The van der Waals surface area contributed by atoms with Gasteiger partial charge in [-0.15, -0.1) is 0 Å². The van der Waals surface area contributed by atoms with E-state index in [0.29, 0.717) is 5.71 Å². The molecule has 9 nitrogen and oxygen atoms in total. The first-order chi connectivity index (χ1) is 15.8. The van der Waals surface area contributed by atoms with Crippen molar-refractivity contribution < 1.29 is 19.5 Å². The number of alkyl halides is 2. The average Bonchev–Trinajstić information content (AvgIpc) is 2.91. The number of benzene rings is 3. The zero-order valence-corrected chi connectivity index (χ0v) is 19.7. The Morgan fingerprint density at radius 2 is 1.27 bits per heavy atom. The van der Waals surface area contributed by atoms with E-state index in [4.69, 9.17) is 4.84 Å². The lowest BCUT2D eigenvalue weighted by Crippen LogP contribution is -2.10. The average molecular weight is 575 g/mol. The van der Waals surface area contributed by atoms with Crippen LogP contribution in [0.15, 0.2) is 71.9 Å². The van der Waals surface area contributed by atoms with Crippen LogP contribution in [0.4, 0.5) is 11.4 Å². The Hall–Kier alpha value is -3.44. The second kappa shape index (κ2) is 9.20. The van der Waals surface area contributed by atoms with Gasteiger partial charge in [0.05, 0.1) is 31.1 Å². The molecule has 3 aromatic carbocycles. The van der Waals surface area contributed by atoms with Gasteiger partial charge >= 0.3 is 5.97 Å². The Bertz CT molecular complexity index is 1240. The Morgan fingerprint density at radius 3 is 1.73 bits per heavy atom. The van der Waals surface area contributed by atoms with Crippen LogP contribution in [-0.2, 0) is 4.84 Å². The van der Waals surface area contributed by atoms with Crippen LogP contribution >= 0.6 is 31.9 Å². The van der Waals surface area contributed by atoms with Crippen LogP contribution in [0.25, 0.3) is 0 Å². The maximum absolute atomic E-state index is 12.7. The van der Waals surface area contributed by atoms with E-state index in [-0.39, 0.29) is 15.2 Å². The van der Waals surface area contributed by atoms with Crippen molar-refractivity contribution in [2.24, 2.45) is 5.16 Å². The van der Waals surface area contributed by atoms with Crippen molar-refractivity contribution in [3.8, 4) is 0 Å². The van der Waals surface area contributed by atoms with Gasteiger partial charge in [-0.05, 0) is 11.1 Å². The van der Waals surface area contributed by atoms with E-state index in [0.717, 1.165) is 40.5 Å². The number of carbonyl (C=O) groups excluding carboxylic acids is 1. The molecule has 0 aliphatic heterocycles. The topological polar surface area (TPSA) is 125 Å². The number of halogens is 2. The first-order valence-corrected chi connectivity index (χ1v) is 11.3. The summed E-state index contributed by atoms with van der Waals surface area (Å²) in [7, 11) is 0. The van der Waals surface area contributed by atoms with Gasteiger partial charge in [-0.25, -0.2) is 4.79 Å². The largest absolute Gasteiger partial charge is 0.366 e. The fraction of sp³-hybridized carbons (Fsp3) is 0.0909. The van der Waals surface area contributed by atoms with E-state index in [9.17, 15) is 25.0 Å². The standard InChI is InChI=1S/C22H13Br2N3O6/c23-19-15-5-1-3-7-17(15)21(18-8-4-2-6-16(18)20(19)24)25-33-22(28)12-9-13(26(29)30)11-14(10-12)27(31)32/h1-11,19-20H/t19-,20-/m1/s1. The number of non-ortho nitro benzene ring substituents is 2. The van der Waals surface area contributed by atoms with Gasteiger partial charge < -0.3 is 4.84 Å². The molecule has 166 valence electrons. The van der Waals surface area contributed by atoms with Gasteiger partial charge in [-0.2, -0.15) is 0 Å². The summed E-state index contributed by atoms with van der Waals surface area (Å²) < 4.78 is 0. The minimum atomic E-state index is -1.06. The number of nitro groups is 2. The van der Waals surface area contributed by atoms with E-state index >= 15 is 0 Å². The van der Waals surface area contributed by atoms with E-state index < -0.39 is 27.2 Å². The molecule has 33 heavy (non-hydrogen) atoms. The molecule has 0 spiro atoms. The zero-order valence-electron chi connectivity index (χ0n) is 16.6. The van der Waals surface area contributed by atoms with Gasteiger partial charge in [-0.3, -0.25) is 20.2 Å². The lowest BCUT2D eigenvalue weighted by atomic mass is 9.98. The second-order valence-electron chi connectivity index (χ2n) is 7.05. The van der Waals surface area contributed by atoms with Gasteiger partial charge in [0.25, 0.3) is 11.4 Å². The summed E-state index contributed by atoms with van der Waals surface area (Å²) in [5, 5.41) is 26.4. The Morgan fingerprint density at radius 1 is 0.818 bits per heavy atom. The molecule has 0 heterocycles. The van der Waals surface area contributed by atoms with E-state index in [1.54, 1.807) is 0 Å². The fourth-order valence-corrected chi connectivity index (χ4v) is 4.90. The Kier molecular flexibility index (Phi) is 6.34. The van der Waals surface area contributed by atoms with Crippen molar-refractivity contribution >= 4 is 54.9 Å². The lowest BCUT2D eigenvalue weighted by molar-refractivity contribution is -0.394. The number of oxime groups is 1. The molecular formula is C22H13Br2N3O6. The van der Waals surface area contributed by atoms with Crippen molar-refractivity contribution in [2.45, 2.75) is 9.65 Å². The Balaban J connectivity index is 1.80. The van der Waals surface area contributed by atoms with Gasteiger partial charge in [0.2, 0.25) is 0 Å². The SMILES string of the molecule is O=C(ON=C1c2ccccc2[C@@H](Br)[C@H](Br)c2ccccc21)c1cc([N+](=O)[O-])cc([N+](=O)[O-])c1. The highest BCUT2D eigenvalue weighted by molar-refractivity contribution is 9.12. The minimum Gasteiger partial charge on any atom is -0.312 e. The third-order valence-electron chi connectivity index (χ3n) is 5.06. The molecule has 0 bridgehead atoms. The number of nitro benzene ring substituents is 2. The molecule has 0 unspecified atom stereocenters. The lowest BCUT2D eigenvalue weighted by Gasteiger charge is -2.16. The molecule has 4 rings (SSSR count). The number of fused-ring (bicyclic) bond motifs is 2.